The first-order valence-electron chi connectivity index (χ1n) is 10.5. The van der Waals surface area contributed by atoms with Crippen molar-refractivity contribution >= 4 is 39.0 Å². The third-order valence-electron chi connectivity index (χ3n) is 6.00. The number of aliphatic hydroxyl groups excluding tert-OH is 1. The summed E-state index contributed by atoms with van der Waals surface area (Å²) in [7, 11) is 0. The first-order valence-corrected chi connectivity index (χ1v) is 11.3. The highest BCUT2D eigenvalue weighted by Gasteiger charge is 2.31. The van der Waals surface area contributed by atoms with Crippen LogP contribution in [0.5, 0.6) is 0 Å². The van der Waals surface area contributed by atoms with E-state index in [0.29, 0.717) is 22.9 Å². The molecule has 30 heavy (non-hydrogen) atoms. The van der Waals surface area contributed by atoms with Crippen LogP contribution in [0.15, 0.2) is 30.6 Å². The molecule has 0 radical (unpaired) electrons. The lowest BCUT2D eigenvalue weighted by Crippen LogP contribution is -2.47. The fraction of sp³-hybridized carbons (Fsp3) is 0.455. The minimum absolute atomic E-state index is 0.153. The fourth-order valence-electron chi connectivity index (χ4n) is 4.16. The average molecular weight is 424 g/mol. The zero-order chi connectivity index (χ0) is 20.8. The van der Waals surface area contributed by atoms with Crippen molar-refractivity contribution in [1.29, 1.82) is 0 Å². The molecule has 8 heteroatoms. The zero-order valence-electron chi connectivity index (χ0n) is 17.1. The van der Waals surface area contributed by atoms with Crippen LogP contribution in [0.4, 0.5) is 11.4 Å². The van der Waals surface area contributed by atoms with Gasteiger partial charge in [0.1, 0.15) is 5.69 Å². The highest BCUT2D eigenvalue weighted by atomic mass is 32.1. The van der Waals surface area contributed by atoms with E-state index in [9.17, 15) is 9.90 Å². The van der Waals surface area contributed by atoms with Gasteiger partial charge in [-0.15, -0.1) is 11.3 Å². The van der Waals surface area contributed by atoms with Gasteiger partial charge in [0.05, 0.1) is 33.4 Å². The van der Waals surface area contributed by atoms with E-state index in [1.165, 1.54) is 12.8 Å². The van der Waals surface area contributed by atoms with Crippen molar-refractivity contribution in [3.8, 4) is 0 Å². The molecular weight excluding hydrogens is 398 g/mol. The van der Waals surface area contributed by atoms with E-state index < -0.39 is 0 Å². The molecule has 4 heterocycles. The van der Waals surface area contributed by atoms with Crippen molar-refractivity contribution in [3.63, 3.8) is 0 Å². The number of carbonyl (C=O) groups excluding carboxylic acids is 1. The van der Waals surface area contributed by atoms with E-state index in [-0.39, 0.29) is 23.8 Å². The molecule has 1 amide bonds. The summed E-state index contributed by atoms with van der Waals surface area (Å²) in [5, 5.41) is 14.4. The second kappa shape index (κ2) is 7.59. The Labute approximate surface area is 179 Å². The number of amides is 1. The van der Waals surface area contributed by atoms with Crippen LogP contribution in [0, 0.1) is 11.8 Å². The number of aromatic nitrogens is 3. The SMILES string of the molecule is C[C@@H]1CN(c2ccncc2NC(=O)c2ccc3sc(C4CC4)nc3n2)C[C@H](C)C1O. The van der Waals surface area contributed by atoms with Gasteiger partial charge in [0.25, 0.3) is 5.91 Å². The van der Waals surface area contributed by atoms with Crippen LogP contribution in [0.25, 0.3) is 10.3 Å². The van der Waals surface area contributed by atoms with Gasteiger partial charge < -0.3 is 15.3 Å². The Kier molecular flexibility index (Phi) is 4.91. The second-order valence-electron chi connectivity index (χ2n) is 8.54. The van der Waals surface area contributed by atoms with Crippen molar-refractivity contribution in [2.24, 2.45) is 11.8 Å². The third-order valence-corrected chi connectivity index (χ3v) is 7.17. The maximum absolute atomic E-state index is 12.9. The number of rotatable bonds is 4. The molecule has 1 saturated carbocycles. The smallest absolute Gasteiger partial charge is 0.274 e. The minimum atomic E-state index is -0.310. The molecule has 3 atom stereocenters. The van der Waals surface area contributed by atoms with E-state index in [1.807, 2.05) is 12.1 Å². The highest BCUT2D eigenvalue weighted by Crippen LogP contribution is 2.43. The van der Waals surface area contributed by atoms with Gasteiger partial charge in [-0.05, 0) is 42.9 Å². The number of carbonyl (C=O) groups is 1. The Balaban J connectivity index is 1.38. The van der Waals surface area contributed by atoms with Crippen molar-refractivity contribution in [2.75, 3.05) is 23.3 Å². The number of nitrogens with zero attached hydrogens (tertiary/aromatic N) is 4. The Morgan fingerprint density at radius 3 is 2.67 bits per heavy atom. The van der Waals surface area contributed by atoms with Crippen molar-refractivity contribution in [2.45, 2.75) is 38.7 Å². The van der Waals surface area contributed by atoms with Crippen LogP contribution in [-0.2, 0) is 0 Å². The van der Waals surface area contributed by atoms with Crippen molar-refractivity contribution in [1.82, 2.24) is 15.0 Å². The largest absolute Gasteiger partial charge is 0.392 e. The summed E-state index contributed by atoms with van der Waals surface area (Å²) in [5.41, 5.74) is 2.56. The summed E-state index contributed by atoms with van der Waals surface area (Å²) >= 11 is 1.67. The van der Waals surface area contributed by atoms with E-state index in [4.69, 9.17) is 0 Å². The van der Waals surface area contributed by atoms with Gasteiger partial charge in [-0.3, -0.25) is 9.78 Å². The molecule has 2 aliphatic rings. The van der Waals surface area contributed by atoms with Crippen LogP contribution >= 0.6 is 11.3 Å². The van der Waals surface area contributed by atoms with Gasteiger partial charge in [-0.1, -0.05) is 13.8 Å². The summed E-state index contributed by atoms with van der Waals surface area (Å²) in [5.74, 6) is 0.609. The number of piperidine rings is 1. The van der Waals surface area contributed by atoms with Gasteiger partial charge >= 0.3 is 0 Å². The van der Waals surface area contributed by atoms with Gasteiger partial charge in [-0.2, -0.15) is 0 Å². The number of hydrogen-bond donors (Lipinski definition) is 2. The Hall–Kier alpha value is -2.58. The lowest BCUT2D eigenvalue weighted by atomic mass is 9.88. The topological polar surface area (TPSA) is 91.2 Å². The van der Waals surface area contributed by atoms with Gasteiger partial charge in [0, 0.05) is 25.2 Å². The Bertz CT molecular complexity index is 1080. The number of thiazole rings is 1. The summed E-state index contributed by atoms with van der Waals surface area (Å²) in [6.45, 7) is 5.56. The average Bonchev–Trinajstić information content (AvgIpc) is 3.50. The Morgan fingerprint density at radius 2 is 1.93 bits per heavy atom. The van der Waals surface area contributed by atoms with Gasteiger partial charge in [0.15, 0.2) is 5.65 Å². The monoisotopic (exact) mass is 423 g/mol. The summed E-state index contributed by atoms with van der Waals surface area (Å²) in [4.78, 5) is 28.5. The molecule has 1 saturated heterocycles. The lowest BCUT2D eigenvalue weighted by molar-refractivity contribution is 0.0530. The molecule has 0 aromatic carbocycles. The molecule has 7 nitrogen and oxygen atoms in total. The predicted octanol–water partition coefficient (Wildman–Crippen LogP) is 3.67. The molecule has 3 aromatic heterocycles. The van der Waals surface area contributed by atoms with E-state index in [2.05, 4.69) is 39.0 Å². The van der Waals surface area contributed by atoms with Crippen molar-refractivity contribution in [3.05, 3.63) is 41.3 Å². The normalized spacial score (nSPS) is 24.2. The van der Waals surface area contributed by atoms with Gasteiger partial charge in [-0.25, -0.2) is 9.97 Å². The maximum atomic E-state index is 12.9. The molecule has 1 aliphatic carbocycles. The molecule has 2 N–H and O–H groups in total. The van der Waals surface area contributed by atoms with E-state index >= 15 is 0 Å². The fourth-order valence-corrected chi connectivity index (χ4v) is 5.23. The number of aliphatic hydroxyl groups is 1. The van der Waals surface area contributed by atoms with Crippen molar-refractivity contribution < 1.29 is 9.90 Å². The molecule has 1 aliphatic heterocycles. The first-order chi connectivity index (χ1) is 14.5. The number of nitrogens with one attached hydrogen (secondary N) is 1. The predicted molar refractivity (Wildman–Crippen MR) is 118 cm³/mol. The molecule has 0 spiro atoms. The standard InChI is InChI=1S/C22H25N5O2S/c1-12-10-27(11-13(2)19(12)28)17-7-8-23-9-16(17)25-21(29)15-5-6-18-20(24-15)26-22(30-18)14-3-4-14/h5-9,12-14,19,28H,3-4,10-11H2,1-2H3,(H,25,29)/t12-,13+,19?. The lowest BCUT2D eigenvalue weighted by Gasteiger charge is -2.40. The maximum Gasteiger partial charge on any atom is 0.274 e. The number of hydrogen-bond acceptors (Lipinski definition) is 7. The molecule has 0 bridgehead atoms. The quantitative estimate of drug-likeness (QED) is 0.665. The first kappa shape index (κ1) is 19.4. The van der Waals surface area contributed by atoms with Crippen LogP contribution in [-0.4, -0.2) is 45.2 Å². The molecule has 156 valence electrons. The summed E-state index contributed by atoms with van der Waals surface area (Å²) in [6, 6.07) is 5.59. The highest BCUT2D eigenvalue weighted by molar-refractivity contribution is 7.18. The molecule has 2 fully saturated rings. The third kappa shape index (κ3) is 3.65. The minimum Gasteiger partial charge on any atom is -0.392 e. The van der Waals surface area contributed by atoms with Crippen LogP contribution in [0.1, 0.15) is 48.1 Å². The van der Waals surface area contributed by atoms with E-state index in [1.54, 1.807) is 29.8 Å². The van der Waals surface area contributed by atoms with Crippen LogP contribution < -0.4 is 10.2 Å². The molecule has 5 rings (SSSR count). The molecule has 3 aromatic rings. The summed E-state index contributed by atoms with van der Waals surface area (Å²) in [6.07, 6.45) is 5.48. The van der Waals surface area contributed by atoms with Gasteiger partial charge in [0.2, 0.25) is 0 Å². The summed E-state index contributed by atoms with van der Waals surface area (Å²) < 4.78 is 1.02. The zero-order valence-corrected chi connectivity index (χ0v) is 17.9. The number of pyridine rings is 2. The van der Waals surface area contributed by atoms with E-state index in [0.717, 1.165) is 28.5 Å². The number of fused-ring (bicyclic) bond motifs is 1. The Morgan fingerprint density at radius 1 is 1.17 bits per heavy atom. The molecule has 1 unspecified atom stereocenters. The van der Waals surface area contributed by atoms with Crippen LogP contribution in [0.3, 0.4) is 0 Å². The second-order valence-corrected chi connectivity index (χ2v) is 9.60. The molecular formula is C22H25N5O2S. The number of anilines is 2. The van der Waals surface area contributed by atoms with Crippen LogP contribution in [0.2, 0.25) is 0 Å².